The topological polar surface area (TPSA) is 86.5 Å². The van der Waals surface area contributed by atoms with Gasteiger partial charge in [-0.3, -0.25) is 4.79 Å². The number of aryl methyl sites for hydroxylation is 1. The molecule has 1 N–H and O–H groups in total. The molecule has 4 rings (SSSR count). The number of oxazole rings is 1. The number of fused-ring (bicyclic) bond motifs is 1. The lowest BCUT2D eigenvalue weighted by Crippen LogP contribution is -2.25. The number of pyridine rings is 1. The van der Waals surface area contributed by atoms with E-state index in [1.54, 1.807) is 13.0 Å². The molecule has 0 fully saturated rings. The minimum absolute atomic E-state index is 0.0839. The first-order valence-electron chi connectivity index (χ1n) is 7.60. The molecule has 0 atom stereocenters. The third-order valence-electron chi connectivity index (χ3n) is 3.76. The van der Waals surface area contributed by atoms with Crippen molar-refractivity contribution in [1.82, 2.24) is 9.97 Å². The molecule has 0 radical (unpaired) electrons. The van der Waals surface area contributed by atoms with Crippen LogP contribution in [0.5, 0.6) is 11.5 Å². The van der Waals surface area contributed by atoms with Gasteiger partial charge in [0.15, 0.2) is 17.9 Å². The van der Waals surface area contributed by atoms with Crippen molar-refractivity contribution in [2.24, 2.45) is 0 Å². The van der Waals surface area contributed by atoms with Crippen molar-refractivity contribution in [1.29, 1.82) is 0 Å². The third kappa shape index (κ3) is 3.28. The van der Waals surface area contributed by atoms with Gasteiger partial charge in [0.1, 0.15) is 5.82 Å². The summed E-state index contributed by atoms with van der Waals surface area (Å²) < 4.78 is 40.1. The maximum absolute atomic E-state index is 13.2. The van der Waals surface area contributed by atoms with Gasteiger partial charge in [0.2, 0.25) is 5.76 Å². The molecule has 7 nitrogen and oxygen atoms in total. The van der Waals surface area contributed by atoms with Crippen LogP contribution in [0.1, 0.15) is 16.2 Å². The Bertz CT molecular complexity index is 1040. The molecule has 0 unspecified atom stereocenters. The number of nitrogens with zero attached hydrogens (tertiary/aromatic N) is 2. The number of ether oxygens (including phenoxy) is 2. The van der Waals surface area contributed by atoms with Crippen molar-refractivity contribution in [3.05, 3.63) is 53.3 Å². The second-order valence-corrected chi connectivity index (χ2v) is 6.01. The Morgan fingerprint density at radius 2 is 1.93 bits per heavy atom. The van der Waals surface area contributed by atoms with Crippen LogP contribution in [0.15, 0.2) is 41.3 Å². The van der Waals surface area contributed by atoms with Gasteiger partial charge in [-0.15, -0.1) is 8.78 Å². The normalized spacial score (nSPS) is 14.2. The Balaban J connectivity index is 1.57. The number of rotatable bonds is 3. The summed E-state index contributed by atoms with van der Waals surface area (Å²) in [6.45, 7) is 1.64. The van der Waals surface area contributed by atoms with E-state index in [4.69, 9.17) is 16.0 Å². The van der Waals surface area contributed by atoms with Gasteiger partial charge < -0.3 is 19.2 Å². The third-order valence-corrected chi connectivity index (χ3v) is 4.07. The molecular weight excluding hydrogens is 384 g/mol. The molecule has 0 saturated carbocycles. The van der Waals surface area contributed by atoms with Crippen molar-refractivity contribution < 1.29 is 27.5 Å². The van der Waals surface area contributed by atoms with Gasteiger partial charge in [0.05, 0.1) is 10.7 Å². The predicted octanol–water partition coefficient (Wildman–Crippen LogP) is 4.27. The number of benzene rings is 1. The van der Waals surface area contributed by atoms with E-state index in [0.717, 1.165) is 0 Å². The molecule has 1 aliphatic heterocycles. The van der Waals surface area contributed by atoms with Crippen LogP contribution in [0.25, 0.3) is 11.1 Å². The number of aromatic nitrogens is 2. The van der Waals surface area contributed by atoms with Crippen LogP contribution in [0.3, 0.4) is 0 Å². The van der Waals surface area contributed by atoms with Gasteiger partial charge in [0, 0.05) is 23.4 Å². The summed E-state index contributed by atoms with van der Waals surface area (Å²) in [6, 6.07) is 5.74. The van der Waals surface area contributed by atoms with Crippen molar-refractivity contribution in [3.63, 3.8) is 0 Å². The summed E-state index contributed by atoms with van der Waals surface area (Å²) in [5.41, 5.74) is 1.41. The summed E-state index contributed by atoms with van der Waals surface area (Å²) in [5, 5.41) is 2.76. The van der Waals surface area contributed by atoms with E-state index in [1.807, 2.05) is 0 Å². The number of anilines is 1. The number of carbonyl (C=O) groups excluding carboxylic acids is 1. The van der Waals surface area contributed by atoms with Gasteiger partial charge >= 0.3 is 6.29 Å². The largest absolute Gasteiger partial charge is 0.586 e. The summed E-state index contributed by atoms with van der Waals surface area (Å²) in [5.74, 6) is -0.414. The number of hydrogen-bond acceptors (Lipinski definition) is 6. The smallest absolute Gasteiger partial charge is 0.438 e. The molecule has 1 aromatic carbocycles. The zero-order chi connectivity index (χ0) is 19.2. The van der Waals surface area contributed by atoms with Crippen molar-refractivity contribution in [3.8, 4) is 22.6 Å². The molecule has 3 aromatic rings. The van der Waals surface area contributed by atoms with Gasteiger partial charge in [-0.25, -0.2) is 9.97 Å². The Kier molecular flexibility index (Phi) is 3.96. The molecule has 1 aliphatic rings. The Morgan fingerprint density at radius 1 is 1.19 bits per heavy atom. The average Bonchev–Trinajstić information content (AvgIpc) is 3.16. The molecule has 27 heavy (non-hydrogen) atoms. The highest BCUT2D eigenvalue weighted by atomic mass is 35.5. The number of halogens is 3. The lowest BCUT2D eigenvalue weighted by molar-refractivity contribution is -0.286. The van der Waals surface area contributed by atoms with Crippen molar-refractivity contribution in [2.75, 3.05) is 5.32 Å². The summed E-state index contributed by atoms with van der Waals surface area (Å²) >= 11 is 6.15. The van der Waals surface area contributed by atoms with Crippen LogP contribution in [0.4, 0.5) is 14.6 Å². The molecule has 2 aromatic heterocycles. The van der Waals surface area contributed by atoms with E-state index >= 15 is 0 Å². The lowest BCUT2D eigenvalue weighted by atomic mass is 10.1. The van der Waals surface area contributed by atoms with Crippen LogP contribution in [-0.4, -0.2) is 22.2 Å². The Hall–Kier alpha value is -3.20. The fourth-order valence-corrected chi connectivity index (χ4v) is 2.78. The van der Waals surface area contributed by atoms with E-state index in [1.165, 1.54) is 30.8 Å². The maximum Gasteiger partial charge on any atom is 0.586 e. The summed E-state index contributed by atoms with van der Waals surface area (Å²) in [4.78, 5) is 20.1. The number of carbonyl (C=O) groups is 1. The molecule has 0 saturated heterocycles. The fourth-order valence-electron chi connectivity index (χ4n) is 2.51. The Morgan fingerprint density at radius 3 is 2.56 bits per heavy atom. The SMILES string of the molecule is Cc1ncoc1C(=O)Nc1ccc(-c2cc3c(cc2Cl)OC(F)(F)O3)cn1. The molecule has 0 spiro atoms. The number of hydrogen-bond donors (Lipinski definition) is 1. The second-order valence-electron chi connectivity index (χ2n) is 5.60. The van der Waals surface area contributed by atoms with Crippen molar-refractivity contribution >= 4 is 23.3 Å². The first-order chi connectivity index (χ1) is 12.8. The Labute approximate surface area is 155 Å². The monoisotopic (exact) mass is 393 g/mol. The minimum atomic E-state index is -3.73. The van der Waals surface area contributed by atoms with Crippen LogP contribution < -0.4 is 14.8 Å². The predicted molar refractivity (Wildman–Crippen MR) is 90.1 cm³/mol. The molecule has 138 valence electrons. The van der Waals surface area contributed by atoms with E-state index in [0.29, 0.717) is 16.8 Å². The fraction of sp³-hybridized carbons (Fsp3) is 0.118. The minimum Gasteiger partial charge on any atom is -0.438 e. The number of alkyl halides is 2. The number of amides is 1. The molecule has 0 bridgehead atoms. The highest BCUT2D eigenvalue weighted by Gasteiger charge is 2.43. The highest BCUT2D eigenvalue weighted by Crippen LogP contribution is 2.45. The molecule has 10 heteroatoms. The van der Waals surface area contributed by atoms with Gasteiger partial charge in [0.25, 0.3) is 5.91 Å². The summed E-state index contributed by atoms with van der Waals surface area (Å²) in [6.07, 6.45) is -1.12. The van der Waals surface area contributed by atoms with Gasteiger partial charge in [-0.2, -0.15) is 0 Å². The van der Waals surface area contributed by atoms with Crippen LogP contribution >= 0.6 is 11.6 Å². The van der Waals surface area contributed by atoms with Crippen LogP contribution in [-0.2, 0) is 0 Å². The van der Waals surface area contributed by atoms with E-state index in [-0.39, 0.29) is 28.1 Å². The van der Waals surface area contributed by atoms with Crippen LogP contribution in [0, 0.1) is 6.92 Å². The molecule has 0 aliphatic carbocycles. The molecule has 3 heterocycles. The maximum atomic E-state index is 13.2. The molecular formula is C17H10ClF2N3O4. The number of nitrogens with one attached hydrogen (secondary N) is 1. The quantitative estimate of drug-likeness (QED) is 0.715. The zero-order valence-electron chi connectivity index (χ0n) is 13.6. The van der Waals surface area contributed by atoms with E-state index in [9.17, 15) is 13.6 Å². The second kappa shape index (κ2) is 6.20. The lowest BCUT2D eigenvalue weighted by Gasteiger charge is -2.07. The summed E-state index contributed by atoms with van der Waals surface area (Å²) in [7, 11) is 0. The van der Waals surface area contributed by atoms with Crippen LogP contribution in [0.2, 0.25) is 5.02 Å². The average molecular weight is 394 g/mol. The zero-order valence-corrected chi connectivity index (χ0v) is 14.4. The molecule has 1 amide bonds. The first-order valence-corrected chi connectivity index (χ1v) is 7.97. The standard InChI is InChI=1S/C17H10ClF2N3O4/c1-8-15(25-7-22-8)16(24)23-14-3-2-9(6-21-14)10-4-12-13(5-11(10)18)27-17(19,20)26-12/h2-7H,1H3,(H,21,23,24). The highest BCUT2D eigenvalue weighted by molar-refractivity contribution is 6.33. The van der Waals surface area contributed by atoms with Gasteiger partial charge in [-0.05, 0) is 25.1 Å². The van der Waals surface area contributed by atoms with Gasteiger partial charge in [-0.1, -0.05) is 11.6 Å². The first kappa shape index (κ1) is 17.2. The van der Waals surface area contributed by atoms with Crippen molar-refractivity contribution in [2.45, 2.75) is 13.2 Å². The van der Waals surface area contributed by atoms with E-state index < -0.39 is 12.2 Å². The van der Waals surface area contributed by atoms with E-state index in [2.05, 4.69) is 24.8 Å².